The van der Waals surface area contributed by atoms with Gasteiger partial charge in [0.25, 0.3) is 11.8 Å². The normalized spacial score (nSPS) is 23.6. The summed E-state index contributed by atoms with van der Waals surface area (Å²) >= 11 is 0. The SMILES string of the molecule is CNC(=O)c1cc(C(=O)NC2[C@H]3COC[C@@H]23)cc([C@@H](O)c2ccc(C)cc2)n1. The molecule has 0 radical (unpaired) electrons. The highest BCUT2D eigenvalue weighted by atomic mass is 16.5. The quantitative estimate of drug-likeness (QED) is 0.723. The second-order valence-corrected chi connectivity index (χ2v) is 7.42. The van der Waals surface area contributed by atoms with Crippen molar-refractivity contribution in [3.8, 4) is 0 Å². The van der Waals surface area contributed by atoms with Crippen molar-refractivity contribution in [2.75, 3.05) is 20.3 Å². The number of fused-ring (bicyclic) bond motifs is 1. The van der Waals surface area contributed by atoms with Crippen molar-refractivity contribution < 1.29 is 19.4 Å². The van der Waals surface area contributed by atoms with Crippen molar-refractivity contribution in [1.82, 2.24) is 15.6 Å². The molecule has 4 atom stereocenters. The minimum atomic E-state index is -1.04. The second-order valence-electron chi connectivity index (χ2n) is 7.42. The predicted octanol–water partition coefficient (Wildman–Crippen LogP) is 1.21. The molecule has 7 heteroatoms. The number of nitrogens with one attached hydrogen (secondary N) is 2. The minimum absolute atomic E-state index is 0.0932. The van der Waals surface area contributed by atoms with Gasteiger partial charge in [0, 0.05) is 30.5 Å². The molecule has 1 aromatic carbocycles. The third kappa shape index (κ3) is 3.50. The zero-order valence-electron chi connectivity index (χ0n) is 15.8. The van der Waals surface area contributed by atoms with Gasteiger partial charge in [0.15, 0.2) is 0 Å². The molecule has 1 saturated heterocycles. The lowest BCUT2D eigenvalue weighted by Crippen LogP contribution is -2.31. The first-order chi connectivity index (χ1) is 13.5. The van der Waals surface area contributed by atoms with Gasteiger partial charge in [-0.25, -0.2) is 4.98 Å². The van der Waals surface area contributed by atoms with Gasteiger partial charge in [0.2, 0.25) is 0 Å². The molecule has 2 aromatic rings. The molecule has 2 aliphatic rings. The molecule has 0 spiro atoms. The van der Waals surface area contributed by atoms with Crippen LogP contribution in [0.5, 0.6) is 0 Å². The Bertz CT molecular complexity index is 902. The van der Waals surface area contributed by atoms with Crippen LogP contribution >= 0.6 is 0 Å². The molecule has 1 saturated carbocycles. The number of hydrogen-bond acceptors (Lipinski definition) is 5. The molecular formula is C21H23N3O4. The topological polar surface area (TPSA) is 101 Å². The number of rotatable bonds is 5. The summed E-state index contributed by atoms with van der Waals surface area (Å²) in [6, 6.07) is 10.5. The molecule has 28 heavy (non-hydrogen) atoms. The van der Waals surface area contributed by atoms with Crippen LogP contribution in [0.4, 0.5) is 0 Å². The number of amides is 2. The summed E-state index contributed by atoms with van der Waals surface area (Å²) in [6.45, 7) is 3.31. The summed E-state index contributed by atoms with van der Waals surface area (Å²) in [5, 5.41) is 16.3. The molecule has 2 amide bonds. The Morgan fingerprint density at radius 1 is 1.14 bits per heavy atom. The first-order valence-corrected chi connectivity index (χ1v) is 9.35. The number of benzene rings is 1. The van der Waals surface area contributed by atoms with Gasteiger partial charge in [0.1, 0.15) is 11.8 Å². The summed E-state index contributed by atoms with van der Waals surface area (Å²) in [7, 11) is 1.50. The number of aromatic nitrogens is 1. The number of nitrogens with zero attached hydrogens (tertiary/aromatic N) is 1. The van der Waals surface area contributed by atoms with Gasteiger partial charge >= 0.3 is 0 Å². The molecule has 3 N–H and O–H groups in total. The van der Waals surface area contributed by atoms with Crippen molar-refractivity contribution in [2.45, 2.75) is 19.1 Å². The van der Waals surface area contributed by atoms with Crippen LogP contribution in [0.2, 0.25) is 0 Å². The van der Waals surface area contributed by atoms with E-state index in [2.05, 4.69) is 15.6 Å². The average molecular weight is 381 g/mol. The Morgan fingerprint density at radius 2 is 1.82 bits per heavy atom. The first-order valence-electron chi connectivity index (χ1n) is 9.35. The predicted molar refractivity (Wildman–Crippen MR) is 102 cm³/mol. The van der Waals surface area contributed by atoms with E-state index in [4.69, 9.17) is 4.74 Å². The third-order valence-corrected chi connectivity index (χ3v) is 5.49. The van der Waals surface area contributed by atoms with Crippen molar-refractivity contribution in [1.29, 1.82) is 0 Å². The van der Waals surface area contributed by atoms with E-state index in [0.29, 0.717) is 36.2 Å². The monoisotopic (exact) mass is 381 g/mol. The van der Waals surface area contributed by atoms with Crippen LogP contribution in [0.25, 0.3) is 0 Å². The number of ether oxygens (including phenoxy) is 1. The molecule has 2 fully saturated rings. The van der Waals surface area contributed by atoms with Crippen LogP contribution < -0.4 is 10.6 Å². The standard InChI is InChI=1S/C21H23N3O4/c1-11-3-5-12(6-4-11)19(25)16-7-13(8-17(23-16)21(27)22-2)20(26)24-18-14-9-28-10-15(14)18/h3-8,14-15,18-19,25H,9-10H2,1-2H3,(H,22,27)(H,24,26)/t14-,15+,18?,19-/m0/s1. The van der Waals surface area contributed by atoms with E-state index in [9.17, 15) is 14.7 Å². The number of carbonyl (C=O) groups is 2. The van der Waals surface area contributed by atoms with E-state index in [1.165, 1.54) is 13.1 Å². The number of hydrogen-bond donors (Lipinski definition) is 3. The van der Waals surface area contributed by atoms with Gasteiger partial charge in [-0.05, 0) is 24.6 Å². The molecule has 7 nitrogen and oxygen atoms in total. The molecule has 1 aliphatic carbocycles. The van der Waals surface area contributed by atoms with Crippen LogP contribution in [0, 0.1) is 18.8 Å². The highest BCUT2D eigenvalue weighted by Gasteiger charge is 2.54. The number of aliphatic hydroxyl groups excluding tert-OH is 1. The van der Waals surface area contributed by atoms with E-state index in [1.807, 2.05) is 19.1 Å². The van der Waals surface area contributed by atoms with Crippen LogP contribution in [0.15, 0.2) is 36.4 Å². The maximum Gasteiger partial charge on any atom is 0.269 e. The van der Waals surface area contributed by atoms with Crippen LogP contribution in [-0.2, 0) is 4.74 Å². The summed E-state index contributed by atoms with van der Waals surface area (Å²) in [4.78, 5) is 29.2. The van der Waals surface area contributed by atoms with E-state index in [1.54, 1.807) is 18.2 Å². The zero-order valence-corrected chi connectivity index (χ0v) is 15.8. The van der Waals surface area contributed by atoms with Crippen molar-refractivity contribution in [3.05, 3.63) is 64.5 Å². The Morgan fingerprint density at radius 3 is 2.46 bits per heavy atom. The second kappa shape index (κ2) is 7.33. The average Bonchev–Trinajstić information content (AvgIpc) is 3.13. The maximum atomic E-state index is 12.8. The number of aryl methyl sites for hydroxylation is 1. The van der Waals surface area contributed by atoms with Crippen LogP contribution in [0.3, 0.4) is 0 Å². The molecular weight excluding hydrogens is 358 g/mol. The van der Waals surface area contributed by atoms with Gasteiger partial charge in [0.05, 0.1) is 18.9 Å². The summed E-state index contributed by atoms with van der Waals surface area (Å²) in [6.07, 6.45) is -1.04. The van der Waals surface area contributed by atoms with Gasteiger partial charge < -0.3 is 20.5 Å². The molecule has 2 heterocycles. The molecule has 146 valence electrons. The summed E-state index contributed by atoms with van der Waals surface area (Å²) in [5.74, 6) is 0.0663. The third-order valence-electron chi connectivity index (χ3n) is 5.49. The van der Waals surface area contributed by atoms with Gasteiger partial charge in [-0.3, -0.25) is 9.59 Å². The lowest BCUT2D eigenvalue weighted by Gasteiger charge is -2.14. The van der Waals surface area contributed by atoms with Crippen LogP contribution in [0.1, 0.15) is 43.8 Å². The number of carbonyl (C=O) groups excluding carboxylic acids is 2. The highest BCUT2D eigenvalue weighted by Crippen LogP contribution is 2.44. The van der Waals surface area contributed by atoms with Crippen LogP contribution in [-0.4, -0.2) is 48.2 Å². The van der Waals surface area contributed by atoms with E-state index < -0.39 is 12.0 Å². The van der Waals surface area contributed by atoms with E-state index in [0.717, 1.165) is 5.56 Å². The lowest BCUT2D eigenvalue weighted by atomic mass is 10.0. The van der Waals surface area contributed by atoms with Gasteiger partial charge in [-0.15, -0.1) is 0 Å². The molecule has 1 aliphatic heterocycles. The fourth-order valence-corrected chi connectivity index (χ4v) is 3.68. The summed E-state index contributed by atoms with van der Waals surface area (Å²) in [5.41, 5.74) is 2.38. The molecule has 4 rings (SSSR count). The molecule has 1 unspecified atom stereocenters. The van der Waals surface area contributed by atoms with Crippen molar-refractivity contribution in [3.63, 3.8) is 0 Å². The molecule has 0 bridgehead atoms. The zero-order chi connectivity index (χ0) is 19.8. The fraction of sp³-hybridized carbons (Fsp3) is 0.381. The van der Waals surface area contributed by atoms with Crippen molar-refractivity contribution in [2.24, 2.45) is 11.8 Å². The van der Waals surface area contributed by atoms with Gasteiger partial charge in [-0.2, -0.15) is 0 Å². The largest absolute Gasteiger partial charge is 0.382 e. The Labute approximate surface area is 163 Å². The van der Waals surface area contributed by atoms with Crippen molar-refractivity contribution >= 4 is 11.8 Å². The first kappa shape index (κ1) is 18.6. The fourth-order valence-electron chi connectivity index (χ4n) is 3.68. The number of pyridine rings is 1. The lowest BCUT2D eigenvalue weighted by molar-refractivity contribution is 0.0928. The Kier molecular flexibility index (Phi) is 4.87. The highest BCUT2D eigenvalue weighted by molar-refractivity contribution is 5.99. The molecule has 1 aromatic heterocycles. The smallest absolute Gasteiger partial charge is 0.269 e. The number of aliphatic hydroxyl groups is 1. The maximum absolute atomic E-state index is 12.8. The van der Waals surface area contributed by atoms with E-state index >= 15 is 0 Å². The van der Waals surface area contributed by atoms with Gasteiger partial charge in [-0.1, -0.05) is 29.8 Å². The summed E-state index contributed by atoms with van der Waals surface area (Å²) < 4.78 is 5.35. The van der Waals surface area contributed by atoms with E-state index in [-0.39, 0.29) is 23.3 Å². The minimum Gasteiger partial charge on any atom is -0.382 e. The Balaban J connectivity index is 1.62. The Hall–Kier alpha value is -2.77.